The van der Waals surface area contributed by atoms with Crippen LogP contribution in [-0.2, 0) is 0 Å². The molecule has 0 aliphatic heterocycles. The Hall–Kier alpha value is -0.235. The number of rotatable bonds is 2. The lowest BCUT2D eigenvalue weighted by Crippen LogP contribution is -2.04. The molecule has 0 spiro atoms. The summed E-state index contributed by atoms with van der Waals surface area (Å²) in [6.45, 7) is 2.74. The van der Waals surface area contributed by atoms with Gasteiger partial charge < -0.3 is 5.32 Å². The van der Waals surface area contributed by atoms with Crippen molar-refractivity contribution in [3.8, 4) is 0 Å². The Morgan fingerprint density at radius 2 is 2.43 bits per heavy atom. The molecule has 0 unspecified atom stereocenters. The highest BCUT2D eigenvalue weighted by atomic mass is 14.8. The van der Waals surface area contributed by atoms with Crippen LogP contribution in [0.5, 0.6) is 0 Å². The molecule has 0 saturated heterocycles. The van der Waals surface area contributed by atoms with E-state index in [2.05, 4.69) is 5.32 Å². The van der Waals surface area contributed by atoms with Crippen LogP contribution in [0.3, 0.4) is 0 Å². The number of hydrogen-bond acceptors (Lipinski definition) is 1. The molecule has 1 nitrogen and oxygen atoms in total. The van der Waals surface area contributed by atoms with Gasteiger partial charge in [0, 0.05) is 6.54 Å². The summed E-state index contributed by atoms with van der Waals surface area (Å²) in [5.74, 6) is 0. The maximum Gasteiger partial charge on any atom is 0.107 e. The topological polar surface area (TPSA) is 12.0 Å². The van der Waals surface area contributed by atoms with Crippen molar-refractivity contribution in [3.05, 3.63) is 11.5 Å². The molecule has 0 bridgehead atoms. The Labute approximate surface area is 46.2 Å². The Morgan fingerprint density at radius 1 is 1.86 bits per heavy atom. The average molecular weight is 95.0 g/mol. The van der Waals surface area contributed by atoms with E-state index in [1.165, 1.54) is 0 Å². The molecule has 0 heterocycles. The van der Waals surface area contributed by atoms with E-state index in [1.54, 1.807) is 0 Å². The normalized spacial score (nSPS) is 12.0. The van der Waals surface area contributed by atoms with E-state index in [0.29, 0.717) is 0 Å². The third-order valence-electron chi connectivity index (χ3n) is 0.628. The molecule has 0 aromatic rings. The maximum atomic E-state index is 5.30. The van der Waals surface area contributed by atoms with E-state index in [9.17, 15) is 0 Å². The van der Waals surface area contributed by atoms with Crippen LogP contribution in [0, 0.1) is 0 Å². The van der Waals surface area contributed by atoms with Gasteiger partial charge in [-0.15, -0.1) is 5.47 Å². The smallest absolute Gasteiger partial charge is 0.107 e. The van der Waals surface area contributed by atoms with Gasteiger partial charge >= 0.3 is 0 Å². The molecule has 2 radical (unpaired) electrons. The first-order valence-electron chi connectivity index (χ1n) is 2.34. The van der Waals surface area contributed by atoms with Crippen LogP contribution in [0.4, 0.5) is 0 Å². The van der Waals surface area contributed by atoms with Crippen LogP contribution >= 0.6 is 0 Å². The zero-order valence-corrected chi connectivity index (χ0v) is 4.86. The second-order valence-corrected chi connectivity index (χ2v) is 1.51. The monoisotopic (exact) mass is 95.1 g/mol. The number of nitrogens with one attached hydrogen (secondary N) is 1. The maximum absolute atomic E-state index is 5.30. The molecule has 0 fully saturated rings. The minimum Gasteiger partial charge on any atom is -0.316 e. The fourth-order valence-electron chi connectivity index (χ4n) is 0.263. The Kier molecular flexibility index (Phi) is 3.81. The Balaban J connectivity index is 3.08. The summed E-state index contributed by atoms with van der Waals surface area (Å²) in [6, 6.07) is 0. The minimum atomic E-state index is 0.863. The van der Waals surface area contributed by atoms with E-state index >= 15 is 0 Å². The summed E-state index contributed by atoms with van der Waals surface area (Å²) in [5.41, 5.74) is 0.870. The summed E-state index contributed by atoms with van der Waals surface area (Å²) >= 11 is 0. The van der Waals surface area contributed by atoms with Crippen molar-refractivity contribution in [1.29, 1.82) is 0 Å². The summed E-state index contributed by atoms with van der Waals surface area (Å²) in [5, 5.41) is 2.94. The zero-order valence-electron chi connectivity index (χ0n) is 4.86. The second kappa shape index (κ2) is 3.94. The van der Waals surface area contributed by atoms with Crippen LogP contribution in [0.1, 0.15) is 6.92 Å². The van der Waals surface area contributed by atoms with Gasteiger partial charge in [-0.1, -0.05) is 13.0 Å². The molecule has 2 heteroatoms. The number of allylic oxidation sites excluding steroid dienone is 1. The summed E-state index contributed by atoms with van der Waals surface area (Å²) < 4.78 is 0. The summed E-state index contributed by atoms with van der Waals surface area (Å²) in [4.78, 5) is 0. The van der Waals surface area contributed by atoms with Gasteiger partial charge in [-0.2, -0.15) is 0 Å². The van der Waals surface area contributed by atoms with Crippen LogP contribution in [0.2, 0.25) is 0 Å². The largest absolute Gasteiger partial charge is 0.316 e. The Morgan fingerprint density at radius 3 is 2.57 bits per heavy atom. The predicted molar refractivity (Wildman–Crippen MR) is 33.4 cm³/mol. The van der Waals surface area contributed by atoms with Crippen LogP contribution in [0.25, 0.3) is 0 Å². The van der Waals surface area contributed by atoms with Gasteiger partial charge in [0.05, 0.1) is 0 Å². The van der Waals surface area contributed by atoms with Crippen LogP contribution in [0.15, 0.2) is 11.5 Å². The molecule has 0 aliphatic rings. The predicted octanol–water partition coefficient (Wildman–Crippen LogP) is 0.278. The van der Waals surface area contributed by atoms with Gasteiger partial charge in [0.1, 0.15) is 7.85 Å². The molecule has 38 valence electrons. The van der Waals surface area contributed by atoms with Crippen molar-refractivity contribution < 1.29 is 0 Å². The van der Waals surface area contributed by atoms with Crippen molar-refractivity contribution >= 4 is 7.85 Å². The van der Waals surface area contributed by atoms with Crippen molar-refractivity contribution in [1.82, 2.24) is 5.32 Å². The minimum absolute atomic E-state index is 0.863. The fraction of sp³-hybridized carbons (Fsp3) is 0.600. The molecule has 0 rings (SSSR count). The van der Waals surface area contributed by atoms with E-state index < -0.39 is 0 Å². The van der Waals surface area contributed by atoms with Crippen molar-refractivity contribution in [2.75, 3.05) is 13.6 Å². The molecule has 0 aromatic carbocycles. The van der Waals surface area contributed by atoms with Gasteiger partial charge in [0.2, 0.25) is 0 Å². The van der Waals surface area contributed by atoms with Gasteiger partial charge in [-0.3, -0.25) is 0 Å². The summed E-state index contributed by atoms with van der Waals surface area (Å²) in [6.07, 6.45) is 1.93. The third kappa shape index (κ3) is 5.76. The SMILES string of the molecule is [B]/C(C)=C/CNC. The van der Waals surface area contributed by atoms with Crippen molar-refractivity contribution in [3.63, 3.8) is 0 Å². The molecular weight excluding hydrogens is 84.9 g/mol. The van der Waals surface area contributed by atoms with Gasteiger partial charge in [0.15, 0.2) is 0 Å². The lowest BCUT2D eigenvalue weighted by atomic mass is 9.98. The van der Waals surface area contributed by atoms with E-state index in [4.69, 9.17) is 7.85 Å². The Bertz CT molecular complexity index is 64.5. The van der Waals surface area contributed by atoms with E-state index in [-0.39, 0.29) is 0 Å². The van der Waals surface area contributed by atoms with Crippen LogP contribution in [-0.4, -0.2) is 21.4 Å². The van der Waals surface area contributed by atoms with Gasteiger partial charge in [-0.25, -0.2) is 0 Å². The number of hydrogen-bond donors (Lipinski definition) is 1. The molecule has 0 saturated carbocycles. The molecule has 0 amide bonds. The fourth-order valence-corrected chi connectivity index (χ4v) is 0.263. The first-order valence-corrected chi connectivity index (χ1v) is 2.34. The molecule has 0 aromatic heterocycles. The van der Waals surface area contributed by atoms with E-state index in [0.717, 1.165) is 12.0 Å². The van der Waals surface area contributed by atoms with Gasteiger partial charge in [0.25, 0.3) is 0 Å². The number of likely N-dealkylation sites (N-methyl/N-ethyl adjacent to an activating group) is 1. The lowest BCUT2D eigenvalue weighted by Gasteiger charge is -1.88. The molecule has 0 atom stereocenters. The molecule has 0 aliphatic carbocycles. The van der Waals surface area contributed by atoms with Crippen LogP contribution < -0.4 is 5.32 Å². The quantitative estimate of drug-likeness (QED) is 0.485. The third-order valence-corrected chi connectivity index (χ3v) is 0.628. The second-order valence-electron chi connectivity index (χ2n) is 1.51. The average Bonchev–Trinajstić information content (AvgIpc) is 1.61. The highest BCUT2D eigenvalue weighted by Gasteiger charge is 1.71. The zero-order chi connectivity index (χ0) is 5.70. The molecule has 1 N–H and O–H groups in total. The lowest BCUT2D eigenvalue weighted by molar-refractivity contribution is 0.917. The van der Waals surface area contributed by atoms with Crippen molar-refractivity contribution in [2.24, 2.45) is 0 Å². The molecule has 7 heavy (non-hydrogen) atoms. The molecular formula is C5H10BN. The first kappa shape index (κ1) is 6.76. The highest BCUT2D eigenvalue weighted by Crippen LogP contribution is 1.77. The summed E-state index contributed by atoms with van der Waals surface area (Å²) in [7, 11) is 7.19. The first-order chi connectivity index (χ1) is 3.27. The standard InChI is InChI=1S/C5H10BN/c1-5(6)3-4-7-2/h3,7H,4H2,1-2H3/b5-3+. The van der Waals surface area contributed by atoms with Crippen molar-refractivity contribution in [2.45, 2.75) is 6.92 Å². The van der Waals surface area contributed by atoms with Gasteiger partial charge in [-0.05, 0) is 7.05 Å². The highest BCUT2D eigenvalue weighted by molar-refractivity contribution is 6.21. The van der Waals surface area contributed by atoms with E-state index in [1.807, 2.05) is 20.0 Å².